The normalized spacial score (nSPS) is 26.8. The topological polar surface area (TPSA) is 72.9 Å². The van der Waals surface area contributed by atoms with Crippen LogP contribution in [0.2, 0.25) is 0 Å². The van der Waals surface area contributed by atoms with Gasteiger partial charge < -0.3 is 15.3 Å². The summed E-state index contributed by atoms with van der Waals surface area (Å²) in [6, 6.07) is -0.233. The third-order valence-corrected chi connectivity index (χ3v) is 5.47. The van der Waals surface area contributed by atoms with Crippen LogP contribution in [0.4, 0.5) is 4.79 Å². The van der Waals surface area contributed by atoms with Crippen molar-refractivity contribution in [1.29, 1.82) is 0 Å². The van der Waals surface area contributed by atoms with Gasteiger partial charge in [0.25, 0.3) is 0 Å². The Morgan fingerprint density at radius 2 is 2.00 bits per heavy atom. The maximum absolute atomic E-state index is 12.3. The summed E-state index contributed by atoms with van der Waals surface area (Å²) in [5.74, 6) is 1.42. The fourth-order valence-electron chi connectivity index (χ4n) is 3.16. The Balaban J connectivity index is 1.83. The molecule has 0 aromatic carbocycles. The van der Waals surface area contributed by atoms with Gasteiger partial charge in [0.1, 0.15) is 5.54 Å². The van der Waals surface area contributed by atoms with E-state index in [4.69, 9.17) is 0 Å². The second kappa shape index (κ2) is 7.35. The molecule has 1 atom stereocenters. The summed E-state index contributed by atoms with van der Waals surface area (Å²) < 4.78 is 0. The Bertz CT molecular complexity index is 388. The van der Waals surface area contributed by atoms with Crippen molar-refractivity contribution in [3.63, 3.8) is 0 Å². The van der Waals surface area contributed by atoms with Gasteiger partial charge >= 0.3 is 12.0 Å². The lowest BCUT2D eigenvalue weighted by atomic mass is 9.93. The van der Waals surface area contributed by atoms with Crippen LogP contribution in [0.15, 0.2) is 0 Å². The van der Waals surface area contributed by atoms with E-state index in [1.54, 1.807) is 0 Å². The van der Waals surface area contributed by atoms with E-state index >= 15 is 0 Å². The van der Waals surface area contributed by atoms with Crippen LogP contribution in [0.3, 0.4) is 0 Å². The first kappa shape index (κ1) is 16.4. The van der Waals surface area contributed by atoms with Crippen molar-refractivity contribution in [2.45, 2.75) is 31.7 Å². The molecule has 2 aliphatic rings. The molecule has 2 saturated heterocycles. The molecule has 2 aliphatic heterocycles. The average Bonchev–Trinajstić information content (AvgIpc) is 2.93. The molecule has 2 fully saturated rings. The smallest absolute Gasteiger partial charge is 0.329 e. The molecule has 2 rings (SSSR count). The number of carboxylic acid groups (broad SMARTS) is 1. The standard InChI is InChI=1S/C14H25N3O3S/c1-2-14(12(18)19)4-3-6-17(14)13(20)15-5-7-16-8-10-21-11-9-16/h2-11H2,1H3,(H,15,20)(H,18,19). The highest BCUT2D eigenvalue weighted by atomic mass is 32.2. The highest BCUT2D eigenvalue weighted by molar-refractivity contribution is 7.99. The molecular formula is C14H25N3O3S. The predicted octanol–water partition coefficient (Wildman–Crippen LogP) is 1.07. The number of hydrogen-bond donors (Lipinski definition) is 2. The molecule has 0 aliphatic carbocycles. The Labute approximate surface area is 130 Å². The fourth-order valence-corrected chi connectivity index (χ4v) is 4.14. The zero-order chi connectivity index (χ0) is 15.3. The van der Waals surface area contributed by atoms with E-state index in [-0.39, 0.29) is 6.03 Å². The summed E-state index contributed by atoms with van der Waals surface area (Å²) in [5.41, 5.74) is -1.01. The van der Waals surface area contributed by atoms with Crippen LogP contribution < -0.4 is 5.32 Å². The summed E-state index contributed by atoms with van der Waals surface area (Å²) >= 11 is 1.96. The monoisotopic (exact) mass is 315 g/mol. The van der Waals surface area contributed by atoms with Crippen molar-refractivity contribution in [2.24, 2.45) is 0 Å². The lowest BCUT2D eigenvalue weighted by Crippen LogP contribution is -2.56. The summed E-state index contributed by atoms with van der Waals surface area (Å²) in [4.78, 5) is 27.7. The quantitative estimate of drug-likeness (QED) is 0.794. The molecule has 2 N–H and O–H groups in total. The van der Waals surface area contributed by atoms with Crippen molar-refractivity contribution in [3.8, 4) is 0 Å². The minimum atomic E-state index is -1.01. The highest BCUT2D eigenvalue weighted by Gasteiger charge is 2.48. The van der Waals surface area contributed by atoms with E-state index in [9.17, 15) is 14.7 Å². The number of nitrogens with one attached hydrogen (secondary N) is 1. The van der Waals surface area contributed by atoms with Gasteiger partial charge in [0.2, 0.25) is 0 Å². The lowest BCUT2D eigenvalue weighted by molar-refractivity contribution is -0.148. The maximum Gasteiger partial charge on any atom is 0.329 e. The number of likely N-dealkylation sites (tertiary alicyclic amines) is 1. The van der Waals surface area contributed by atoms with Crippen LogP contribution in [-0.4, -0.2) is 76.7 Å². The molecule has 120 valence electrons. The number of carboxylic acids is 1. The third-order valence-electron chi connectivity index (χ3n) is 4.52. The number of rotatable bonds is 5. The summed E-state index contributed by atoms with van der Waals surface area (Å²) in [6.45, 7) is 5.93. The SMILES string of the molecule is CCC1(C(=O)O)CCCN1C(=O)NCCN1CCSCC1. The molecule has 6 nitrogen and oxygen atoms in total. The van der Waals surface area contributed by atoms with Crippen LogP contribution >= 0.6 is 11.8 Å². The summed E-state index contributed by atoms with van der Waals surface area (Å²) in [6.07, 6.45) is 1.77. The van der Waals surface area contributed by atoms with Gasteiger partial charge in [0.05, 0.1) is 0 Å². The van der Waals surface area contributed by atoms with Crippen molar-refractivity contribution in [3.05, 3.63) is 0 Å². The number of urea groups is 1. The first-order valence-electron chi connectivity index (χ1n) is 7.69. The second-order valence-electron chi connectivity index (χ2n) is 5.63. The number of thioether (sulfide) groups is 1. The molecule has 21 heavy (non-hydrogen) atoms. The van der Waals surface area contributed by atoms with Gasteiger partial charge in [-0.2, -0.15) is 11.8 Å². The molecule has 0 saturated carbocycles. The van der Waals surface area contributed by atoms with Gasteiger partial charge in [-0.3, -0.25) is 4.90 Å². The molecule has 0 aromatic rings. The molecule has 0 spiro atoms. The van der Waals surface area contributed by atoms with Crippen molar-refractivity contribution >= 4 is 23.8 Å². The molecule has 0 aromatic heterocycles. The lowest BCUT2D eigenvalue weighted by Gasteiger charge is -2.34. The number of aliphatic carboxylic acids is 1. The maximum atomic E-state index is 12.3. The van der Waals surface area contributed by atoms with Crippen LogP contribution in [0.1, 0.15) is 26.2 Å². The number of carbonyl (C=O) groups is 2. The van der Waals surface area contributed by atoms with Crippen LogP contribution in [-0.2, 0) is 4.79 Å². The van der Waals surface area contributed by atoms with Crippen molar-refractivity contribution in [2.75, 3.05) is 44.2 Å². The Morgan fingerprint density at radius 3 is 2.62 bits per heavy atom. The molecule has 0 radical (unpaired) electrons. The van der Waals surface area contributed by atoms with Gasteiger partial charge in [0.15, 0.2) is 0 Å². The molecule has 2 heterocycles. The molecule has 7 heteroatoms. The highest BCUT2D eigenvalue weighted by Crippen LogP contribution is 2.32. The number of nitrogens with zero attached hydrogens (tertiary/aromatic N) is 2. The Kier molecular flexibility index (Phi) is 5.75. The minimum absolute atomic E-state index is 0.233. The number of hydrogen-bond acceptors (Lipinski definition) is 4. The van der Waals surface area contributed by atoms with Crippen LogP contribution in [0, 0.1) is 0 Å². The van der Waals surface area contributed by atoms with Gasteiger partial charge in [-0.25, -0.2) is 9.59 Å². The Hall–Kier alpha value is -0.950. The summed E-state index contributed by atoms with van der Waals surface area (Å²) in [5, 5.41) is 12.4. The van der Waals surface area contributed by atoms with E-state index in [2.05, 4.69) is 10.2 Å². The minimum Gasteiger partial charge on any atom is -0.479 e. The third kappa shape index (κ3) is 3.63. The molecular weight excluding hydrogens is 290 g/mol. The fraction of sp³-hybridized carbons (Fsp3) is 0.857. The predicted molar refractivity (Wildman–Crippen MR) is 83.8 cm³/mol. The van der Waals surface area contributed by atoms with E-state index in [0.717, 1.165) is 37.6 Å². The summed E-state index contributed by atoms with van der Waals surface area (Å²) in [7, 11) is 0. The van der Waals surface area contributed by atoms with Gasteiger partial charge in [-0.1, -0.05) is 6.92 Å². The van der Waals surface area contributed by atoms with Crippen LogP contribution in [0.25, 0.3) is 0 Å². The molecule has 2 amide bonds. The first-order valence-corrected chi connectivity index (χ1v) is 8.84. The number of amides is 2. The van der Waals surface area contributed by atoms with E-state index in [0.29, 0.717) is 25.9 Å². The van der Waals surface area contributed by atoms with Crippen molar-refractivity contribution < 1.29 is 14.7 Å². The van der Waals surface area contributed by atoms with Crippen molar-refractivity contribution in [1.82, 2.24) is 15.1 Å². The van der Waals surface area contributed by atoms with Gasteiger partial charge in [0, 0.05) is 44.2 Å². The van der Waals surface area contributed by atoms with E-state index < -0.39 is 11.5 Å². The first-order chi connectivity index (χ1) is 10.1. The zero-order valence-electron chi connectivity index (χ0n) is 12.6. The van der Waals surface area contributed by atoms with Gasteiger partial charge in [-0.05, 0) is 19.3 Å². The van der Waals surface area contributed by atoms with Gasteiger partial charge in [-0.15, -0.1) is 0 Å². The number of carbonyl (C=O) groups excluding carboxylic acids is 1. The van der Waals surface area contributed by atoms with Crippen LogP contribution in [0.5, 0.6) is 0 Å². The second-order valence-corrected chi connectivity index (χ2v) is 6.86. The van der Waals surface area contributed by atoms with E-state index in [1.807, 2.05) is 18.7 Å². The largest absolute Gasteiger partial charge is 0.479 e. The average molecular weight is 315 g/mol. The molecule has 1 unspecified atom stereocenters. The molecule has 0 bridgehead atoms. The zero-order valence-corrected chi connectivity index (χ0v) is 13.5. The van der Waals surface area contributed by atoms with E-state index in [1.165, 1.54) is 4.90 Å². The Morgan fingerprint density at radius 1 is 1.29 bits per heavy atom.